The van der Waals surface area contributed by atoms with E-state index in [4.69, 9.17) is 9.47 Å². The first-order chi connectivity index (χ1) is 15.4. The molecule has 184 valence electrons. The Balaban J connectivity index is 2.27. The molecule has 0 radical (unpaired) electrons. The number of aromatic nitrogens is 1. The summed E-state index contributed by atoms with van der Waals surface area (Å²) in [6.07, 6.45) is 3.05. The zero-order chi connectivity index (χ0) is 24.8. The molecule has 5 atom stereocenters. The monoisotopic (exact) mass is 479 g/mol. The Kier molecular flexibility index (Phi) is 9.97. The highest BCUT2D eigenvalue weighted by molar-refractivity contribution is 7.09. The van der Waals surface area contributed by atoms with E-state index < -0.39 is 35.6 Å². The summed E-state index contributed by atoms with van der Waals surface area (Å²) in [5.74, 6) is -1.87. The molecule has 0 bridgehead atoms. The third-order valence-electron chi connectivity index (χ3n) is 6.24. The molecule has 0 amide bonds. The number of aliphatic hydroxyl groups is 2. The van der Waals surface area contributed by atoms with Gasteiger partial charge in [0.05, 0.1) is 48.0 Å². The number of carbonyl (C=O) groups excluding carboxylic acids is 2. The summed E-state index contributed by atoms with van der Waals surface area (Å²) in [6.45, 7) is 11.1. The van der Waals surface area contributed by atoms with Crippen molar-refractivity contribution in [3.8, 4) is 0 Å². The molecule has 1 aliphatic heterocycles. The molecule has 2 rings (SSSR count). The van der Waals surface area contributed by atoms with Crippen LogP contribution < -0.4 is 0 Å². The van der Waals surface area contributed by atoms with Crippen LogP contribution in [-0.2, 0) is 19.1 Å². The Morgan fingerprint density at radius 3 is 2.58 bits per heavy atom. The normalized spacial score (nSPS) is 31.8. The molecule has 0 saturated carbocycles. The summed E-state index contributed by atoms with van der Waals surface area (Å²) in [5.41, 5.74) is 0.407. The predicted octanol–water partition coefficient (Wildman–Crippen LogP) is 3.72. The fraction of sp³-hybridized carbons (Fsp3) is 0.640. The maximum atomic E-state index is 13.1. The van der Waals surface area contributed by atoms with Crippen molar-refractivity contribution in [2.75, 3.05) is 13.2 Å². The van der Waals surface area contributed by atoms with Crippen molar-refractivity contribution in [3.63, 3.8) is 0 Å². The minimum atomic E-state index is -1.24. The fourth-order valence-corrected chi connectivity index (χ4v) is 4.40. The average Bonchev–Trinajstić information content (AvgIpc) is 3.16. The predicted molar refractivity (Wildman–Crippen MR) is 129 cm³/mol. The lowest BCUT2D eigenvalue weighted by atomic mass is 9.73. The topological polar surface area (TPSA) is 106 Å². The first-order valence-electron chi connectivity index (χ1n) is 11.4. The van der Waals surface area contributed by atoms with Crippen LogP contribution in [0.4, 0.5) is 0 Å². The average molecular weight is 480 g/mol. The van der Waals surface area contributed by atoms with Crippen LogP contribution in [0.5, 0.6) is 0 Å². The zero-order valence-electron chi connectivity index (χ0n) is 20.4. The van der Waals surface area contributed by atoms with Gasteiger partial charge in [-0.15, -0.1) is 11.3 Å². The molecule has 1 aliphatic rings. The molecule has 1 aromatic heterocycles. The summed E-state index contributed by atoms with van der Waals surface area (Å²) >= 11 is 1.54. The number of rotatable bonds is 2. The number of ketones is 1. The van der Waals surface area contributed by atoms with E-state index in [1.165, 1.54) is 0 Å². The number of esters is 1. The van der Waals surface area contributed by atoms with E-state index >= 15 is 0 Å². The van der Waals surface area contributed by atoms with Crippen LogP contribution in [0.3, 0.4) is 0 Å². The van der Waals surface area contributed by atoms with E-state index in [1.807, 2.05) is 44.4 Å². The molecule has 2 N–H and O–H groups in total. The molecule has 0 spiro atoms. The van der Waals surface area contributed by atoms with E-state index in [0.29, 0.717) is 19.6 Å². The Hall–Kier alpha value is -1.87. The summed E-state index contributed by atoms with van der Waals surface area (Å²) in [6, 6.07) is 0. The second-order valence-electron chi connectivity index (χ2n) is 9.47. The Morgan fingerprint density at radius 1 is 1.24 bits per heavy atom. The molecule has 1 unspecified atom stereocenters. The Morgan fingerprint density at radius 2 is 1.94 bits per heavy atom. The highest BCUT2D eigenvalue weighted by Gasteiger charge is 2.42. The fourth-order valence-electron chi connectivity index (χ4n) is 3.83. The number of Topliss-reactive ketones (excluding diaryl/α,β-unsaturated/α-hetero) is 1. The number of cyclic esters (lactones) is 1. The van der Waals surface area contributed by atoms with Crippen molar-refractivity contribution in [1.29, 1.82) is 0 Å². The van der Waals surface area contributed by atoms with Gasteiger partial charge in [-0.2, -0.15) is 0 Å². The van der Waals surface area contributed by atoms with Crippen molar-refractivity contribution in [2.24, 2.45) is 17.3 Å². The summed E-state index contributed by atoms with van der Waals surface area (Å²) in [5, 5.41) is 24.3. The molecule has 33 heavy (non-hydrogen) atoms. The van der Waals surface area contributed by atoms with Gasteiger partial charge in [0.1, 0.15) is 11.9 Å². The standard InChI is InChI=1S/C25H37NO6S/c1-15(11-19-14-33-18(4)26-19)20-9-7-8-10-31-13-16(2)23(29)17(3)24(30)25(5,6)21(27)12-22(28)32-20/h7-8,11,14,16-17,20-21,23,27,29H,9-10,12-13H2,1-6H3/b8-7+,15-11+/t16-,17+,20?,21+,23-/m1/s1. The van der Waals surface area contributed by atoms with Gasteiger partial charge in [0.2, 0.25) is 0 Å². The second kappa shape index (κ2) is 12.0. The lowest BCUT2D eigenvalue weighted by Gasteiger charge is -2.34. The second-order valence-corrected chi connectivity index (χ2v) is 10.5. The van der Waals surface area contributed by atoms with Gasteiger partial charge in [-0.05, 0) is 25.5 Å². The molecule has 0 aliphatic carbocycles. The van der Waals surface area contributed by atoms with E-state index in [9.17, 15) is 19.8 Å². The van der Waals surface area contributed by atoms with Gasteiger partial charge in [-0.25, -0.2) is 4.98 Å². The number of nitrogens with zero attached hydrogens (tertiary/aromatic N) is 1. The first kappa shape index (κ1) is 27.4. The largest absolute Gasteiger partial charge is 0.457 e. The van der Waals surface area contributed by atoms with Crippen molar-refractivity contribution in [2.45, 2.75) is 72.7 Å². The minimum Gasteiger partial charge on any atom is -0.457 e. The summed E-state index contributed by atoms with van der Waals surface area (Å²) in [7, 11) is 0. The maximum Gasteiger partial charge on any atom is 0.309 e. The molecule has 0 aromatic carbocycles. The Bertz CT molecular complexity index is 874. The minimum absolute atomic E-state index is 0.261. The molecule has 0 saturated heterocycles. The van der Waals surface area contributed by atoms with Gasteiger partial charge in [0.15, 0.2) is 0 Å². The SMILES string of the molecule is C/C(=C\c1csc(C)n1)C1C/C=C/COC[C@@H](C)[C@@H](O)[C@H](C)C(=O)C(C)(C)[C@@H](O)CC(=O)O1. The van der Waals surface area contributed by atoms with Gasteiger partial charge in [0.25, 0.3) is 0 Å². The summed E-state index contributed by atoms with van der Waals surface area (Å²) < 4.78 is 11.4. The van der Waals surface area contributed by atoms with Crippen molar-refractivity contribution in [3.05, 3.63) is 33.8 Å². The molecule has 0 fully saturated rings. The summed E-state index contributed by atoms with van der Waals surface area (Å²) in [4.78, 5) is 30.2. The van der Waals surface area contributed by atoms with E-state index in [1.54, 1.807) is 32.1 Å². The lowest BCUT2D eigenvalue weighted by molar-refractivity contribution is -0.154. The van der Waals surface area contributed by atoms with Crippen LogP contribution in [0.1, 0.15) is 58.2 Å². The van der Waals surface area contributed by atoms with E-state index in [2.05, 4.69) is 4.98 Å². The van der Waals surface area contributed by atoms with Crippen molar-refractivity contribution >= 4 is 29.2 Å². The van der Waals surface area contributed by atoms with E-state index in [-0.39, 0.29) is 18.1 Å². The van der Waals surface area contributed by atoms with Crippen LogP contribution in [-0.4, -0.2) is 58.5 Å². The molecular weight excluding hydrogens is 442 g/mol. The van der Waals surface area contributed by atoms with Gasteiger partial charge in [-0.1, -0.05) is 39.8 Å². The number of hydrogen-bond acceptors (Lipinski definition) is 8. The van der Waals surface area contributed by atoms with E-state index in [0.717, 1.165) is 16.3 Å². The molecule has 1 aromatic rings. The van der Waals surface area contributed by atoms with Gasteiger partial charge < -0.3 is 19.7 Å². The smallest absolute Gasteiger partial charge is 0.309 e. The maximum absolute atomic E-state index is 13.1. The van der Waals surface area contributed by atoms with Gasteiger partial charge >= 0.3 is 5.97 Å². The van der Waals surface area contributed by atoms with Crippen LogP contribution in [0.15, 0.2) is 23.1 Å². The number of ether oxygens (including phenoxy) is 2. The lowest BCUT2D eigenvalue weighted by Crippen LogP contribution is -2.46. The number of thiazole rings is 1. The van der Waals surface area contributed by atoms with Crippen molar-refractivity contribution in [1.82, 2.24) is 4.98 Å². The highest BCUT2D eigenvalue weighted by Crippen LogP contribution is 2.31. The van der Waals surface area contributed by atoms with Gasteiger partial charge in [-0.3, -0.25) is 9.59 Å². The molecular formula is C25H37NO6S. The van der Waals surface area contributed by atoms with Gasteiger partial charge in [0, 0.05) is 23.6 Å². The highest BCUT2D eigenvalue weighted by atomic mass is 32.1. The molecule has 2 heterocycles. The third-order valence-corrected chi connectivity index (χ3v) is 7.03. The van der Waals surface area contributed by atoms with Crippen LogP contribution >= 0.6 is 11.3 Å². The van der Waals surface area contributed by atoms with Crippen LogP contribution in [0, 0.1) is 24.2 Å². The quantitative estimate of drug-likeness (QED) is 0.492. The first-order valence-corrected chi connectivity index (χ1v) is 12.2. The number of carbonyl (C=O) groups is 2. The zero-order valence-corrected chi connectivity index (χ0v) is 21.2. The Labute approximate surface area is 200 Å². The third kappa shape index (κ3) is 7.57. The van der Waals surface area contributed by atoms with Crippen LogP contribution in [0.2, 0.25) is 0 Å². The van der Waals surface area contributed by atoms with Crippen molar-refractivity contribution < 1.29 is 29.3 Å². The molecule has 8 heteroatoms. The number of hydrogen-bond donors (Lipinski definition) is 2. The van der Waals surface area contributed by atoms with Crippen LogP contribution in [0.25, 0.3) is 6.08 Å². The number of aryl methyl sites for hydroxylation is 1. The number of aliphatic hydroxyl groups excluding tert-OH is 2. The molecule has 7 nitrogen and oxygen atoms in total.